The third-order valence-electron chi connectivity index (χ3n) is 4.70. The van der Waals surface area contributed by atoms with Gasteiger partial charge in [0.25, 0.3) is 0 Å². The number of rotatable bonds is 6. The number of aryl methyl sites for hydroxylation is 1. The lowest BCUT2D eigenvalue weighted by molar-refractivity contribution is 0.0594. The van der Waals surface area contributed by atoms with E-state index >= 15 is 0 Å². The Bertz CT molecular complexity index is 1270. The van der Waals surface area contributed by atoms with Crippen LogP contribution in [0, 0.1) is 6.92 Å². The van der Waals surface area contributed by atoms with Crippen LogP contribution in [0.5, 0.6) is 0 Å². The van der Waals surface area contributed by atoms with Crippen molar-refractivity contribution < 1.29 is 9.53 Å². The molecule has 0 amide bonds. The normalized spacial score (nSPS) is 10.8. The first-order valence-corrected chi connectivity index (χ1v) is 10.6. The highest BCUT2D eigenvalue weighted by atomic mass is 32.2. The van der Waals surface area contributed by atoms with Crippen molar-refractivity contribution in [3.05, 3.63) is 94.2 Å². The van der Waals surface area contributed by atoms with Gasteiger partial charge < -0.3 is 9.72 Å². The van der Waals surface area contributed by atoms with Gasteiger partial charge in [-0.25, -0.2) is 14.3 Å². The second-order valence-corrected chi connectivity index (χ2v) is 7.74. The first kappa shape index (κ1) is 20.6. The van der Waals surface area contributed by atoms with Gasteiger partial charge in [-0.15, -0.1) is 11.8 Å². The zero-order valence-corrected chi connectivity index (χ0v) is 17.8. The van der Waals surface area contributed by atoms with Crippen LogP contribution in [-0.4, -0.2) is 32.8 Å². The minimum Gasteiger partial charge on any atom is -0.465 e. The molecule has 0 aliphatic heterocycles. The van der Waals surface area contributed by atoms with Gasteiger partial charge >= 0.3 is 11.7 Å². The van der Waals surface area contributed by atoms with Gasteiger partial charge in [-0.1, -0.05) is 48.5 Å². The van der Waals surface area contributed by atoms with Crippen LogP contribution in [0.2, 0.25) is 0 Å². The number of methoxy groups -OCH3 is 1. The van der Waals surface area contributed by atoms with Crippen molar-refractivity contribution >= 4 is 17.7 Å². The number of thioether (sulfide) groups is 1. The molecule has 156 valence electrons. The number of H-pyrrole nitrogens is 1. The van der Waals surface area contributed by atoms with Crippen molar-refractivity contribution in [3.63, 3.8) is 0 Å². The molecule has 0 atom stereocenters. The summed E-state index contributed by atoms with van der Waals surface area (Å²) >= 11 is 1.30. The van der Waals surface area contributed by atoms with Gasteiger partial charge in [0.05, 0.1) is 18.5 Å². The number of hydrogen-bond acceptors (Lipinski definition) is 6. The maximum atomic E-state index is 12.2. The van der Waals surface area contributed by atoms with Crippen LogP contribution in [0.4, 0.5) is 0 Å². The number of nitrogens with zero attached hydrogens (tertiary/aromatic N) is 3. The molecule has 1 N–H and O–H groups in total. The number of para-hydroxylation sites is 1. The second kappa shape index (κ2) is 9.01. The highest BCUT2D eigenvalue weighted by molar-refractivity contribution is 7.98. The molecular weight excluding hydrogens is 412 g/mol. The van der Waals surface area contributed by atoms with Crippen LogP contribution in [0.25, 0.3) is 16.9 Å². The maximum absolute atomic E-state index is 12.2. The lowest BCUT2D eigenvalue weighted by atomic mass is 10.1. The van der Waals surface area contributed by atoms with E-state index in [1.54, 1.807) is 6.92 Å². The van der Waals surface area contributed by atoms with Crippen LogP contribution in [0.15, 0.2) is 76.7 Å². The van der Waals surface area contributed by atoms with Crippen molar-refractivity contribution in [3.8, 4) is 16.9 Å². The minimum atomic E-state index is -0.535. The number of esters is 1. The van der Waals surface area contributed by atoms with Crippen molar-refractivity contribution in [1.29, 1.82) is 0 Å². The molecule has 0 saturated carbocycles. The van der Waals surface area contributed by atoms with Crippen LogP contribution < -0.4 is 5.69 Å². The maximum Gasteiger partial charge on any atom is 0.346 e. The number of aromatic nitrogens is 4. The van der Waals surface area contributed by atoms with E-state index in [-0.39, 0.29) is 5.56 Å². The molecule has 0 fully saturated rings. The van der Waals surface area contributed by atoms with E-state index in [0.29, 0.717) is 16.5 Å². The van der Waals surface area contributed by atoms with Gasteiger partial charge in [0.1, 0.15) is 10.6 Å². The molecule has 2 heterocycles. The Morgan fingerprint density at radius 1 is 1.10 bits per heavy atom. The summed E-state index contributed by atoms with van der Waals surface area (Å²) < 4.78 is 6.70. The average Bonchev–Trinajstić information content (AvgIpc) is 3.22. The Hall–Kier alpha value is -3.65. The number of aromatic amines is 1. The minimum absolute atomic E-state index is 0.267. The summed E-state index contributed by atoms with van der Waals surface area (Å²) in [6.45, 7) is 1.65. The molecule has 31 heavy (non-hydrogen) atoms. The third kappa shape index (κ3) is 4.44. The van der Waals surface area contributed by atoms with Crippen LogP contribution in [0.3, 0.4) is 0 Å². The summed E-state index contributed by atoms with van der Waals surface area (Å²) in [7, 11) is 1.30. The number of carbonyl (C=O) groups is 1. The Kier molecular flexibility index (Phi) is 5.99. The summed E-state index contributed by atoms with van der Waals surface area (Å²) in [6, 6.07) is 19.7. The summed E-state index contributed by atoms with van der Waals surface area (Å²) in [4.78, 5) is 30.7. The Balaban J connectivity index is 1.73. The smallest absolute Gasteiger partial charge is 0.346 e. The highest BCUT2D eigenvalue weighted by Crippen LogP contribution is 2.31. The topological polar surface area (TPSA) is 89.9 Å². The standard InChI is InChI=1S/C23H20N4O3S/c1-15-19(22(28)30-2)21(25-23(29)24-15)31-14-17-13-27(18-11-7-4-8-12-18)26-20(17)16-9-5-3-6-10-16/h3-13H,14H2,1-2H3,(H,24,25,29). The molecule has 4 aromatic rings. The first-order valence-electron chi connectivity index (χ1n) is 9.58. The SMILES string of the molecule is COC(=O)c1c(SCc2cn(-c3ccccc3)nc2-c2ccccc2)nc(=O)[nH]c1C. The zero-order chi connectivity index (χ0) is 21.8. The van der Waals surface area contributed by atoms with Crippen LogP contribution >= 0.6 is 11.8 Å². The number of benzene rings is 2. The highest BCUT2D eigenvalue weighted by Gasteiger charge is 2.20. The monoisotopic (exact) mass is 432 g/mol. The van der Waals surface area contributed by atoms with Crippen molar-refractivity contribution in [2.45, 2.75) is 17.7 Å². The fourth-order valence-electron chi connectivity index (χ4n) is 3.22. The molecule has 0 aliphatic carbocycles. The first-order chi connectivity index (χ1) is 15.1. The van der Waals surface area contributed by atoms with Crippen molar-refractivity contribution in [1.82, 2.24) is 19.7 Å². The second-order valence-electron chi connectivity index (χ2n) is 6.78. The number of carbonyl (C=O) groups excluding carboxylic acids is 1. The molecule has 0 radical (unpaired) electrons. The fourth-order valence-corrected chi connectivity index (χ4v) is 4.25. The van der Waals surface area contributed by atoms with E-state index in [4.69, 9.17) is 9.84 Å². The number of hydrogen-bond donors (Lipinski definition) is 1. The molecule has 8 heteroatoms. The largest absolute Gasteiger partial charge is 0.465 e. The quantitative estimate of drug-likeness (QED) is 0.281. The molecule has 0 spiro atoms. The van der Waals surface area contributed by atoms with Gasteiger partial charge in [-0.3, -0.25) is 0 Å². The molecule has 0 saturated heterocycles. The predicted molar refractivity (Wildman–Crippen MR) is 119 cm³/mol. The molecule has 0 bridgehead atoms. The zero-order valence-electron chi connectivity index (χ0n) is 17.0. The van der Waals surface area contributed by atoms with E-state index in [1.165, 1.54) is 18.9 Å². The molecule has 2 aromatic carbocycles. The van der Waals surface area contributed by atoms with E-state index in [1.807, 2.05) is 71.5 Å². The summed E-state index contributed by atoms with van der Waals surface area (Å²) in [5.41, 5.74) is 3.90. The van der Waals surface area contributed by atoms with Crippen molar-refractivity contribution in [2.75, 3.05) is 7.11 Å². The molecule has 0 unspecified atom stereocenters. The number of nitrogens with one attached hydrogen (secondary N) is 1. The number of ether oxygens (including phenoxy) is 1. The van der Waals surface area contributed by atoms with Crippen molar-refractivity contribution in [2.24, 2.45) is 0 Å². The lowest BCUT2D eigenvalue weighted by Gasteiger charge is -2.09. The molecule has 0 aliphatic rings. The van der Waals surface area contributed by atoms with E-state index in [2.05, 4.69) is 9.97 Å². The van der Waals surface area contributed by atoms with E-state index < -0.39 is 11.7 Å². The predicted octanol–water partition coefficient (Wildman–Crippen LogP) is 4.01. The summed E-state index contributed by atoms with van der Waals surface area (Å²) in [5.74, 6) is -0.0660. The van der Waals surface area contributed by atoms with Gasteiger partial charge in [-0.05, 0) is 19.1 Å². The van der Waals surface area contributed by atoms with Gasteiger partial charge in [0.15, 0.2) is 0 Å². The summed E-state index contributed by atoms with van der Waals surface area (Å²) in [6.07, 6.45) is 1.96. The molecule has 2 aromatic heterocycles. The molecule has 4 rings (SSSR count). The summed E-state index contributed by atoms with van der Waals surface area (Å²) in [5, 5.41) is 5.13. The average molecular weight is 433 g/mol. The van der Waals surface area contributed by atoms with Gasteiger partial charge in [-0.2, -0.15) is 10.1 Å². The Labute approximate surface area is 183 Å². The van der Waals surface area contributed by atoms with Crippen LogP contribution in [-0.2, 0) is 10.5 Å². The Morgan fingerprint density at radius 2 is 1.77 bits per heavy atom. The third-order valence-corrected chi connectivity index (χ3v) is 5.72. The van der Waals surface area contributed by atoms with E-state index in [9.17, 15) is 9.59 Å². The lowest BCUT2D eigenvalue weighted by Crippen LogP contribution is -2.19. The van der Waals surface area contributed by atoms with Crippen LogP contribution in [0.1, 0.15) is 21.6 Å². The van der Waals surface area contributed by atoms with Gasteiger partial charge in [0, 0.05) is 28.8 Å². The van der Waals surface area contributed by atoms with E-state index in [0.717, 1.165) is 22.5 Å². The van der Waals surface area contributed by atoms with Gasteiger partial charge in [0.2, 0.25) is 0 Å². The fraction of sp³-hybridized carbons (Fsp3) is 0.130. The molecule has 7 nitrogen and oxygen atoms in total. The Morgan fingerprint density at radius 3 is 2.45 bits per heavy atom. The molecular formula is C23H20N4O3S.